The second-order valence-electron chi connectivity index (χ2n) is 9.74. The maximum atomic E-state index is 10.6. The molecule has 1 saturated carbocycles. The number of carboxylic acid groups (broad SMARTS) is 2. The van der Waals surface area contributed by atoms with E-state index in [9.17, 15) is 26.3 Å². The van der Waals surface area contributed by atoms with Crippen LogP contribution in [0.3, 0.4) is 0 Å². The van der Waals surface area contributed by atoms with E-state index < -0.39 is 24.3 Å². The molecule has 15 heteroatoms. The summed E-state index contributed by atoms with van der Waals surface area (Å²) < 4.78 is 71.0. The number of nitrogens with zero attached hydrogens (tertiary/aromatic N) is 4. The SMILES string of the molecule is COC[C@H]1CN(CC2CC2)C[C@@]12CCN(Cc1cnn(C)c1)C2.O=C(O)C(F)(F)F.O=C(O)C(F)(F)F. The monoisotopic (exact) mass is 546 g/mol. The highest BCUT2D eigenvalue weighted by molar-refractivity contribution is 5.73. The molecule has 0 aromatic carbocycles. The van der Waals surface area contributed by atoms with Gasteiger partial charge in [-0.15, -0.1) is 0 Å². The van der Waals surface area contributed by atoms with Crippen molar-refractivity contribution in [2.24, 2.45) is 24.3 Å². The predicted octanol–water partition coefficient (Wildman–Crippen LogP) is 2.87. The van der Waals surface area contributed by atoms with Crippen molar-refractivity contribution in [3.63, 3.8) is 0 Å². The standard InChI is InChI=1S/C18H30N4O.2C2HF3O2/c1-20-8-16(7-19-20)10-21-6-5-18(13-21)14-22(9-15-3-4-15)11-17(18)12-23-2;2*3-2(4,5)1(6)7/h7-8,15,17H,3-6,9-14H2,1-2H3;2*(H,6,7)/t17-,18+;;/m1../s1. The number of carbonyl (C=O) groups is 2. The number of rotatable bonds is 6. The minimum atomic E-state index is -5.08. The van der Waals surface area contributed by atoms with Gasteiger partial charge in [0.15, 0.2) is 0 Å². The Bertz CT molecular complexity index is 881. The van der Waals surface area contributed by atoms with Gasteiger partial charge < -0.3 is 19.8 Å². The fourth-order valence-electron chi connectivity index (χ4n) is 4.77. The smallest absolute Gasteiger partial charge is 0.475 e. The van der Waals surface area contributed by atoms with Crippen LogP contribution in [0.1, 0.15) is 24.8 Å². The highest BCUT2D eigenvalue weighted by Crippen LogP contribution is 2.45. The van der Waals surface area contributed by atoms with Gasteiger partial charge in [-0.05, 0) is 31.7 Å². The Hall–Kier alpha value is -2.39. The van der Waals surface area contributed by atoms with E-state index in [1.807, 2.05) is 25.0 Å². The largest absolute Gasteiger partial charge is 0.490 e. The second-order valence-corrected chi connectivity index (χ2v) is 9.74. The van der Waals surface area contributed by atoms with Gasteiger partial charge in [-0.3, -0.25) is 9.58 Å². The first-order valence-electron chi connectivity index (χ1n) is 11.6. The molecule has 2 N–H and O–H groups in total. The number of halogens is 6. The van der Waals surface area contributed by atoms with Crippen molar-refractivity contribution in [3.8, 4) is 0 Å². The minimum absolute atomic E-state index is 0.451. The molecule has 4 rings (SSSR count). The van der Waals surface area contributed by atoms with E-state index in [1.165, 1.54) is 57.5 Å². The number of likely N-dealkylation sites (tertiary alicyclic amines) is 2. The molecule has 0 unspecified atom stereocenters. The van der Waals surface area contributed by atoms with Crippen molar-refractivity contribution in [1.29, 1.82) is 0 Å². The summed E-state index contributed by atoms with van der Waals surface area (Å²) in [5.41, 5.74) is 1.79. The predicted molar refractivity (Wildman–Crippen MR) is 117 cm³/mol. The van der Waals surface area contributed by atoms with Crippen LogP contribution in [0.4, 0.5) is 26.3 Å². The molecule has 3 aliphatic rings. The molecule has 1 aromatic heterocycles. The lowest BCUT2D eigenvalue weighted by Crippen LogP contribution is -2.36. The van der Waals surface area contributed by atoms with Gasteiger partial charge >= 0.3 is 24.3 Å². The van der Waals surface area contributed by atoms with E-state index in [0.29, 0.717) is 11.3 Å². The Kier molecular flexibility index (Phi) is 10.4. The second kappa shape index (κ2) is 12.4. The molecule has 9 nitrogen and oxygen atoms in total. The van der Waals surface area contributed by atoms with Crippen LogP contribution in [0.25, 0.3) is 0 Å². The minimum Gasteiger partial charge on any atom is -0.475 e. The van der Waals surface area contributed by atoms with Crippen molar-refractivity contribution in [2.45, 2.75) is 38.2 Å². The summed E-state index contributed by atoms with van der Waals surface area (Å²) in [6, 6.07) is 0. The first-order valence-corrected chi connectivity index (χ1v) is 11.6. The third-order valence-electron chi connectivity index (χ3n) is 6.58. The Morgan fingerprint density at radius 2 is 1.62 bits per heavy atom. The number of alkyl halides is 6. The Morgan fingerprint density at radius 3 is 2.05 bits per heavy atom. The van der Waals surface area contributed by atoms with Crippen LogP contribution in [-0.2, 0) is 27.9 Å². The topological polar surface area (TPSA) is 108 Å². The lowest BCUT2D eigenvalue weighted by Gasteiger charge is -2.30. The van der Waals surface area contributed by atoms with Gasteiger partial charge in [-0.25, -0.2) is 9.59 Å². The molecule has 3 fully saturated rings. The number of aromatic nitrogens is 2. The molecular weight excluding hydrogens is 514 g/mol. The molecular formula is C22H32F6N4O5. The number of carboxylic acids is 2. The van der Waals surface area contributed by atoms with Crippen LogP contribution < -0.4 is 0 Å². The van der Waals surface area contributed by atoms with Crippen LogP contribution in [0.2, 0.25) is 0 Å². The van der Waals surface area contributed by atoms with Crippen molar-refractivity contribution >= 4 is 11.9 Å². The zero-order valence-electron chi connectivity index (χ0n) is 20.6. The molecule has 1 aliphatic carbocycles. The lowest BCUT2D eigenvalue weighted by molar-refractivity contribution is -0.193. The van der Waals surface area contributed by atoms with Crippen LogP contribution >= 0.6 is 0 Å². The lowest BCUT2D eigenvalue weighted by atomic mass is 9.77. The molecule has 2 atom stereocenters. The molecule has 37 heavy (non-hydrogen) atoms. The first kappa shape index (κ1) is 30.8. The molecule has 2 aliphatic heterocycles. The fraction of sp³-hybridized carbons (Fsp3) is 0.773. The molecule has 2 saturated heterocycles. The average Bonchev–Trinajstić information content (AvgIpc) is 3.19. The van der Waals surface area contributed by atoms with Crippen molar-refractivity contribution in [3.05, 3.63) is 18.0 Å². The van der Waals surface area contributed by atoms with Crippen LogP contribution in [0.15, 0.2) is 12.4 Å². The van der Waals surface area contributed by atoms with E-state index in [-0.39, 0.29) is 0 Å². The van der Waals surface area contributed by atoms with E-state index in [0.717, 1.165) is 19.1 Å². The van der Waals surface area contributed by atoms with E-state index in [1.54, 1.807) is 0 Å². The summed E-state index contributed by atoms with van der Waals surface area (Å²) in [4.78, 5) is 23.1. The highest BCUT2D eigenvalue weighted by Gasteiger charge is 2.50. The molecule has 3 heterocycles. The molecule has 1 aromatic rings. The number of aryl methyl sites for hydroxylation is 1. The van der Waals surface area contributed by atoms with Crippen LogP contribution in [0.5, 0.6) is 0 Å². The molecule has 1 spiro atoms. The number of hydrogen-bond acceptors (Lipinski definition) is 6. The maximum absolute atomic E-state index is 10.6. The number of ether oxygens (including phenoxy) is 1. The van der Waals surface area contributed by atoms with Gasteiger partial charge in [0, 0.05) is 70.0 Å². The van der Waals surface area contributed by atoms with Crippen LogP contribution in [-0.4, -0.2) is 101 Å². The summed E-state index contributed by atoms with van der Waals surface area (Å²) in [6.07, 6.45) is -1.79. The van der Waals surface area contributed by atoms with Crippen molar-refractivity contribution in [1.82, 2.24) is 19.6 Å². The first-order chi connectivity index (χ1) is 17.1. The quantitative estimate of drug-likeness (QED) is 0.525. The highest BCUT2D eigenvalue weighted by atomic mass is 19.4. The molecule has 0 radical (unpaired) electrons. The summed E-state index contributed by atoms with van der Waals surface area (Å²) in [5.74, 6) is -3.83. The van der Waals surface area contributed by atoms with E-state index in [2.05, 4.69) is 21.1 Å². The third kappa shape index (κ3) is 9.78. The molecule has 212 valence electrons. The van der Waals surface area contributed by atoms with Crippen molar-refractivity contribution < 1.29 is 50.9 Å². The van der Waals surface area contributed by atoms with Crippen LogP contribution in [0, 0.1) is 17.3 Å². The van der Waals surface area contributed by atoms with Gasteiger partial charge in [-0.2, -0.15) is 31.4 Å². The third-order valence-corrected chi connectivity index (χ3v) is 6.58. The summed E-state index contributed by atoms with van der Waals surface area (Å²) in [6.45, 7) is 8.24. The average molecular weight is 547 g/mol. The summed E-state index contributed by atoms with van der Waals surface area (Å²) in [7, 11) is 3.86. The number of methoxy groups -OCH3 is 1. The Morgan fingerprint density at radius 1 is 1.08 bits per heavy atom. The van der Waals surface area contributed by atoms with E-state index in [4.69, 9.17) is 24.5 Å². The van der Waals surface area contributed by atoms with E-state index >= 15 is 0 Å². The van der Waals surface area contributed by atoms with Gasteiger partial charge in [0.05, 0.1) is 12.8 Å². The zero-order valence-corrected chi connectivity index (χ0v) is 20.6. The van der Waals surface area contributed by atoms with Gasteiger partial charge in [0.2, 0.25) is 0 Å². The molecule has 0 amide bonds. The summed E-state index contributed by atoms with van der Waals surface area (Å²) >= 11 is 0. The van der Waals surface area contributed by atoms with Gasteiger partial charge in [0.25, 0.3) is 0 Å². The normalized spacial score (nSPS) is 24.4. The van der Waals surface area contributed by atoms with Gasteiger partial charge in [-0.1, -0.05) is 0 Å². The summed E-state index contributed by atoms with van der Waals surface area (Å²) in [5, 5.41) is 18.6. The number of hydrogen-bond donors (Lipinski definition) is 2. The zero-order chi connectivity index (χ0) is 28.0. The number of aliphatic carboxylic acids is 2. The molecule has 0 bridgehead atoms. The van der Waals surface area contributed by atoms with Crippen molar-refractivity contribution in [2.75, 3.05) is 46.4 Å². The van der Waals surface area contributed by atoms with Gasteiger partial charge in [0.1, 0.15) is 0 Å². The Balaban J connectivity index is 0.000000286. The fourth-order valence-corrected chi connectivity index (χ4v) is 4.77. The Labute approximate surface area is 210 Å². The maximum Gasteiger partial charge on any atom is 0.490 e.